The van der Waals surface area contributed by atoms with Crippen LogP contribution in [0.25, 0.3) is 0 Å². The van der Waals surface area contributed by atoms with Crippen molar-refractivity contribution in [2.75, 3.05) is 13.2 Å². The van der Waals surface area contributed by atoms with Crippen molar-refractivity contribution in [1.29, 1.82) is 0 Å². The molecule has 0 spiro atoms. The molecule has 0 heterocycles. The minimum Gasteiger partial charge on any atom is -0.391 e. The van der Waals surface area contributed by atoms with Crippen LogP contribution in [0.1, 0.15) is 75.0 Å². The number of ether oxygens (including phenoxy) is 1. The summed E-state index contributed by atoms with van der Waals surface area (Å²) >= 11 is 0. The second-order valence-corrected chi connectivity index (χ2v) is 11.6. The second-order valence-electron chi connectivity index (χ2n) is 11.6. The number of halogens is 3. The van der Waals surface area contributed by atoms with Gasteiger partial charge in [0.05, 0.1) is 24.8 Å². The van der Waals surface area contributed by atoms with Gasteiger partial charge in [-0.25, -0.2) is 13.2 Å². The van der Waals surface area contributed by atoms with Crippen molar-refractivity contribution in [1.82, 2.24) is 10.6 Å². The minimum absolute atomic E-state index is 0.0991. The molecule has 6 nitrogen and oxygen atoms in total. The van der Waals surface area contributed by atoms with Crippen molar-refractivity contribution >= 4 is 11.8 Å². The van der Waals surface area contributed by atoms with Gasteiger partial charge in [-0.1, -0.05) is 6.07 Å². The molecule has 3 unspecified atom stereocenters. The number of carbonyl (C=O) groups is 2. The second kappa shape index (κ2) is 9.63. The summed E-state index contributed by atoms with van der Waals surface area (Å²) in [7, 11) is 0. The Bertz CT molecular complexity index is 1020. The molecule has 0 radical (unpaired) electrons. The van der Waals surface area contributed by atoms with Gasteiger partial charge in [-0.2, -0.15) is 0 Å². The van der Waals surface area contributed by atoms with Gasteiger partial charge in [-0.05, 0) is 87.7 Å². The normalized spacial score (nSPS) is 34.1. The number of aliphatic hydroxyl groups excluding tert-OH is 1. The van der Waals surface area contributed by atoms with Crippen LogP contribution in [-0.4, -0.2) is 47.9 Å². The Hall–Kier alpha value is -2.13. The molecule has 1 aromatic carbocycles. The van der Waals surface area contributed by atoms with Gasteiger partial charge in [-0.15, -0.1) is 0 Å². The maximum Gasteiger partial charge on any atom is 0.246 e. The molecule has 0 aromatic heterocycles. The molecule has 3 N–H and O–H groups in total. The van der Waals surface area contributed by atoms with Gasteiger partial charge in [0.25, 0.3) is 0 Å². The summed E-state index contributed by atoms with van der Waals surface area (Å²) in [5, 5.41) is 16.1. The number of aliphatic hydroxyl groups is 1. The number of aryl methyl sites for hydroxylation is 1. The standard InChI is InChI=1S/C27H35F3N2O4/c1-15-2-5-18(28)22(23(15)29)24(26-6-8-27(30,14-26)9-7-26)32-25(35)17-10-19(20(33)11-17)31-21(34)13-36-12-16-3-4-16/h2,5,16-17,19-20,24,33H,3-4,6-14H2,1H3,(H,31,34)(H,32,35)/t17-,19?,20?,24?,26?,27?/m1/s1. The molecule has 36 heavy (non-hydrogen) atoms. The van der Waals surface area contributed by atoms with Crippen molar-refractivity contribution in [3.05, 3.63) is 34.9 Å². The highest BCUT2D eigenvalue weighted by Crippen LogP contribution is 2.63. The fraction of sp³-hybridized carbons (Fsp3) is 0.704. The highest BCUT2D eigenvalue weighted by atomic mass is 19.1. The van der Waals surface area contributed by atoms with Gasteiger partial charge in [-0.3, -0.25) is 9.59 Å². The molecule has 4 aliphatic rings. The van der Waals surface area contributed by atoms with Crippen LogP contribution < -0.4 is 10.6 Å². The van der Waals surface area contributed by atoms with Crippen LogP contribution >= 0.6 is 0 Å². The molecule has 4 atom stereocenters. The lowest BCUT2D eigenvalue weighted by Crippen LogP contribution is -2.43. The van der Waals surface area contributed by atoms with Gasteiger partial charge in [0.1, 0.15) is 23.9 Å². The average Bonchev–Trinajstić information content (AvgIpc) is 3.36. The molecule has 1 aromatic rings. The van der Waals surface area contributed by atoms with Crippen LogP contribution in [0.5, 0.6) is 0 Å². The molecule has 5 rings (SSSR count). The van der Waals surface area contributed by atoms with Crippen molar-refractivity contribution in [2.45, 2.75) is 88.6 Å². The molecule has 0 saturated heterocycles. The summed E-state index contributed by atoms with van der Waals surface area (Å²) in [4.78, 5) is 25.6. The number of amides is 2. The fourth-order valence-corrected chi connectivity index (χ4v) is 6.54. The number of benzene rings is 1. The fourth-order valence-electron chi connectivity index (χ4n) is 6.54. The monoisotopic (exact) mass is 508 g/mol. The van der Waals surface area contributed by atoms with Crippen molar-refractivity contribution in [3.63, 3.8) is 0 Å². The zero-order valence-corrected chi connectivity index (χ0v) is 20.6. The third-order valence-electron chi connectivity index (χ3n) is 8.85. The van der Waals surface area contributed by atoms with E-state index in [0.29, 0.717) is 38.2 Å². The lowest BCUT2D eigenvalue weighted by Gasteiger charge is -2.37. The lowest BCUT2D eigenvalue weighted by atomic mass is 9.73. The quantitative estimate of drug-likeness (QED) is 0.474. The van der Waals surface area contributed by atoms with E-state index in [2.05, 4.69) is 10.6 Å². The third-order valence-corrected chi connectivity index (χ3v) is 8.85. The molecule has 4 saturated carbocycles. The number of nitrogens with one attached hydrogen (secondary N) is 2. The van der Waals surface area contributed by atoms with Crippen LogP contribution in [0, 0.1) is 35.8 Å². The number of alkyl halides is 1. The van der Waals surface area contributed by atoms with Crippen LogP contribution in [-0.2, 0) is 14.3 Å². The summed E-state index contributed by atoms with van der Waals surface area (Å²) in [6, 6.07) is 0.916. The molecule has 198 valence electrons. The Morgan fingerprint density at radius 1 is 1.17 bits per heavy atom. The average molecular weight is 509 g/mol. The van der Waals surface area contributed by atoms with Crippen LogP contribution in [0.15, 0.2) is 12.1 Å². The van der Waals surface area contributed by atoms with E-state index in [1.807, 2.05) is 0 Å². The van der Waals surface area contributed by atoms with Gasteiger partial charge < -0.3 is 20.5 Å². The van der Waals surface area contributed by atoms with E-state index in [1.54, 1.807) is 0 Å². The molecule has 4 fully saturated rings. The number of carbonyl (C=O) groups excluding carboxylic acids is 2. The minimum atomic E-state index is -1.36. The first-order valence-electron chi connectivity index (χ1n) is 13.1. The number of hydrogen-bond acceptors (Lipinski definition) is 4. The number of rotatable bonds is 9. The predicted octanol–water partition coefficient (Wildman–Crippen LogP) is 3.79. The molecule has 2 bridgehead atoms. The van der Waals surface area contributed by atoms with Crippen molar-refractivity contribution in [3.8, 4) is 0 Å². The van der Waals surface area contributed by atoms with Gasteiger partial charge in [0.2, 0.25) is 11.8 Å². The Labute approximate surface area is 209 Å². The van der Waals surface area contributed by atoms with Gasteiger partial charge in [0.15, 0.2) is 0 Å². The SMILES string of the molecule is Cc1ccc(F)c(C(NC(=O)[C@H]2CC(O)C(NC(=O)COCC3CC3)C2)C23CCC(F)(CC2)C3)c1F. The van der Waals surface area contributed by atoms with E-state index < -0.39 is 52.7 Å². The summed E-state index contributed by atoms with van der Waals surface area (Å²) in [6.07, 6.45) is 3.29. The largest absolute Gasteiger partial charge is 0.391 e. The molecular weight excluding hydrogens is 473 g/mol. The smallest absolute Gasteiger partial charge is 0.246 e. The van der Waals surface area contributed by atoms with Gasteiger partial charge in [0, 0.05) is 11.5 Å². The molecular formula is C27H35F3N2O4. The molecule has 9 heteroatoms. The summed E-state index contributed by atoms with van der Waals surface area (Å²) < 4.78 is 50.8. The maximum atomic E-state index is 15.2. The van der Waals surface area contributed by atoms with Crippen LogP contribution in [0.4, 0.5) is 13.2 Å². The molecule has 0 aliphatic heterocycles. The first-order chi connectivity index (χ1) is 17.1. The Kier molecular flexibility index (Phi) is 6.83. The highest BCUT2D eigenvalue weighted by Gasteiger charge is 2.59. The Balaban J connectivity index is 1.29. The Morgan fingerprint density at radius 2 is 1.89 bits per heavy atom. The highest BCUT2D eigenvalue weighted by molar-refractivity contribution is 5.81. The predicted molar refractivity (Wildman–Crippen MR) is 126 cm³/mol. The first-order valence-corrected chi connectivity index (χ1v) is 13.1. The van der Waals surface area contributed by atoms with Gasteiger partial charge >= 0.3 is 0 Å². The van der Waals surface area contributed by atoms with E-state index in [1.165, 1.54) is 19.1 Å². The van der Waals surface area contributed by atoms with E-state index in [0.717, 1.165) is 12.8 Å². The summed E-state index contributed by atoms with van der Waals surface area (Å²) in [5.41, 5.74) is -2.08. The Morgan fingerprint density at radius 3 is 2.53 bits per heavy atom. The maximum absolute atomic E-state index is 15.2. The van der Waals surface area contributed by atoms with Crippen LogP contribution in [0.3, 0.4) is 0 Å². The molecule has 4 aliphatic carbocycles. The van der Waals surface area contributed by atoms with Crippen molar-refractivity contribution in [2.24, 2.45) is 17.3 Å². The molecule has 2 amide bonds. The third kappa shape index (κ3) is 5.01. The zero-order chi connectivity index (χ0) is 25.7. The topological polar surface area (TPSA) is 87.7 Å². The van der Waals surface area contributed by atoms with E-state index in [4.69, 9.17) is 4.74 Å². The lowest BCUT2D eigenvalue weighted by molar-refractivity contribution is -0.128. The van der Waals surface area contributed by atoms with E-state index >= 15 is 13.2 Å². The van der Waals surface area contributed by atoms with E-state index in [-0.39, 0.29) is 42.9 Å². The first kappa shape index (κ1) is 25.5. The number of fused-ring (bicyclic) bond motifs is 2. The van der Waals surface area contributed by atoms with Crippen LogP contribution in [0.2, 0.25) is 0 Å². The summed E-state index contributed by atoms with van der Waals surface area (Å²) in [5.74, 6) is -2.40. The summed E-state index contributed by atoms with van der Waals surface area (Å²) in [6.45, 7) is 1.98. The zero-order valence-electron chi connectivity index (χ0n) is 20.6. The van der Waals surface area contributed by atoms with Crippen molar-refractivity contribution < 1.29 is 32.6 Å². The van der Waals surface area contributed by atoms with E-state index in [9.17, 15) is 14.7 Å². The number of hydrogen-bond donors (Lipinski definition) is 3.